The van der Waals surface area contributed by atoms with E-state index in [4.69, 9.17) is 5.26 Å². The van der Waals surface area contributed by atoms with E-state index in [0.29, 0.717) is 0 Å². The van der Waals surface area contributed by atoms with Gasteiger partial charge in [-0.25, -0.2) is 4.39 Å². The summed E-state index contributed by atoms with van der Waals surface area (Å²) in [6.07, 6.45) is 3.71. The normalized spacial score (nSPS) is 11.4. The van der Waals surface area contributed by atoms with Crippen molar-refractivity contribution in [1.29, 1.82) is 5.26 Å². The van der Waals surface area contributed by atoms with Crippen LogP contribution in [0, 0.1) is 22.6 Å². The third-order valence-corrected chi connectivity index (χ3v) is 6.34. The fourth-order valence-electron chi connectivity index (χ4n) is 3.95. The lowest BCUT2D eigenvalue weighted by atomic mass is 9.95. The molecule has 0 spiro atoms. The minimum atomic E-state index is -0.506. The third-order valence-electron chi connectivity index (χ3n) is 5.16. The molecule has 2 nitrogen and oxygen atoms in total. The number of benzene rings is 2. The highest BCUT2D eigenvalue weighted by Crippen LogP contribution is 2.41. The second-order valence-corrected chi connectivity index (χ2v) is 10.3. The van der Waals surface area contributed by atoms with Crippen LogP contribution in [0.5, 0.6) is 0 Å². The van der Waals surface area contributed by atoms with E-state index in [1.165, 1.54) is 17.7 Å². The van der Waals surface area contributed by atoms with Crippen LogP contribution in [0.3, 0.4) is 0 Å². The quantitative estimate of drug-likeness (QED) is 0.371. The Kier molecular flexibility index (Phi) is 7.13. The van der Waals surface area contributed by atoms with Gasteiger partial charge in [-0.3, -0.25) is 0 Å². The van der Waals surface area contributed by atoms with Crippen molar-refractivity contribution in [2.45, 2.75) is 27.3 Å². The number of halogens is 1. The second-order valence-electron chi connectivity index (χ2n) is 9.25. The lowest BCUT2D eigenvalue weighted by molar-refractivity contribution is 0.221. The smallest absolute Gasteiger partial charge is 0.141 e. The molecule has 0 radical (unpaired) electrons. The van der Waals surface area contributed by atoms with Gasteiger partial charge in [0.25, 0.3) is 0 Å². The largest absolute Gasteiger partial charge is 0.302 e. The molecule has 1 aromatic heterocycles. The van der Waals surface area contributed by atoms with E-state index in [1.54, 1.807) is 17.4 Å². The number of hydrogen-bond donors (Lipinski definition) is 0. The molecule has 2 aromatic carbocycles. The Bertz CT molecular complexity index is 1190. The summed E-state index contributed by atoms with van der Waals surface area (Å²) in [6.45, 7) is 16.4. The van der Waals surface area contributed by atoms with Crippen LogP contribution < -0.4 is 0 Å². The summed E-state index contributed by atoms with van der Waals surface area (Å²) in [5.41, 5.74) is 5.34. The van der Waals surface area contributed by atoms with Crippen molar-refractivity contribution in [2.24, 2.45) is 5.41 Å². The first-order chi connectivity index (χ1) is 15.1. The second kappa shape index (κ2) is 9.65. The molecule has 1 heterocycles. The maximum absolute atomic E-state index is 14.3. The van der Waals surface area contributed by atoms with Gasteiger partial charge in [0.05, 0.1) is 5.56 Å². The predicted octanol–water partition coefficient (Wildman–Crippen LogP) is 7.86. The molecule has 0 aliphatic carbocycles. The van der Waals surface area contributed by atoms with Gasteiger partial charge < -0.3 is 4.90 Å². The molecule has 0 atom stereocenters. The topological polar surface area (TPSA) is 27.0 Å². The first-order valence-electron chi connectivity index (χ1n) is 10.6. The van der Waals surface area contributed by atoms with Gasteiger partial charge in [0.15, 0.2) is 0 Å². The Morgan fingerprint density at radius 3 is 2.38 bits per heavy atom. The summed E-state index contributed by atoms with van der Waals surface area (Å²) in [7, 11) is 2.14. The van der Waals surface area contributed by atoms with Crippen molar-refractivity contribution >= 4 is 23.5 Å². The molecule has 3 rings (SSSR count). The minimum absolute atomic E-state index is 0.0500. The summed E-state index contributed by atoms with van der Waals surface area (Å²) in [4.78, 5) is 4.39. The molecule has 0 amide bonds. The lowest BCUT2D eigenvalue weighted by Gasteiger charge is -2.27. The molecule has 0 saturated heterocycles. The van der Waals surface area contributed by atoms with Gasteiger partial charge in [0.1, 0.15) is 11.9 Å². The van der Waals surface area contributed by atoms with Crippen molar-refractivity contribution in [3.05, 3.63) is 83.0 Å². The summed E-state index contributed by atoms with van der Waals surface area (Å²) in [6, 6.07) is 15.1. The van der Waals surface area contributed by atoms with Gasteiger partial charge in [0, 0.05) is 28.4 Å². The van der Waals surface area contributed by atoms with Crippen LogP contribution in [-0.4, -0.2) is 18.5 Å². The van der Waals surface area contributed by atoms with Crippen molar-refractivity contribution in [3.8, 4) is 27.6 Å². The van der Waals surface area contributed by atoms with Crippen LogP contribution in [0.4, 0.5) is 4.39 Å². The maximum atomic E-state index is 14.3. The lowest BCUT2D eigenvalue weighted by Crippen LogP contribution is -2.29. The molecule has 0 saturated carbocycles. The van der Waals surface area contributed by atoms with Gasteiger partial charge in [0.2, 0.25) is 0 Å². The zero-order chi connectivity index (χ0) is 23.5. The van der Waals surface area contributed by atoms with E-state index in [1.807, 2.05) is 24.3 Å². The van der Waals surface area contributed by atoms with E-state index in [2.05, 4.69) is 64.1 Å². The predicted molar refractivity (Wildman–Crippen MR) is 136 cm³/mol. The molecule has 0 bridgehead atoms. The average Bonchev–Trinajstić information content (AvgIpc) is 3.17. The molecular formula is C28H29FN2S. The Labute approximate surface area is 195 Å². The van der Waals surface area contributed by atoms with E-state index in [0.717, 1.165) is 45.1 Å². The van der Waals surface area contributed by atoms with Gasteiger partial charge in [-0.2, -0.15) is 5.26 Å². The SMILES string of the molecule is C=Cc1cc(-c2ccc(C#N)c(F)c2)c(-c2ccc(C=C)c(CN(C)CC(C)(C)C)c2)s1. The summed E-state index contributed by atoms with van der Waals surface area (Å²) in [5, 5.41) is 9.06. The number of nitriles is 1. The highest BCUT2D eigenvalue weighted by molar-refractivity contribution is 7.17. The molecule has 0 unspecified atom stereocenters. The molecule has 0 fully saturated rings. The van der Waals surface area contributed by atoms with Crippen LogP contribution >= 0.6 is 11.3 Å². The average molecular weight is 445 g/mol. The highest BCUT2D eigenvalue weighted by Gasteiger charge is 2.17. The number of nitrogens with zero attached hydrogens (tertiary/aromatic N) is 2. The fourth-order valence-corrected chi connectivity index (χ4v) is 4.98. The maximum Gasteiger partial charge on any atom is 0.141 e. The van der Waals surface area contributed by atoms with Crippen LogP contribution in [-0.2, 0) is 6.54 Å². The highest BCUT2D eigenvalue weighted by atomic mass is 32.1. The molecule has 32 heavy (non-hydrogen) atoms. The standard InChI is InChI=1S/C28H29FN2S/c1-7-19-9-11-21(13-23(19)17-31(6)18-28(3,4)5)27-25(15-24(8-2)32-27)20-10-12-22(16-30)26(29)14-20/h7-15H,1-2,17-18H2,3-6H3. The fraction of sp³-hybridized carbons (Fsp3) is 0.250. The number of thiophene rings is 1. The van der Waals surface area contributed by atoms with Gasteiger partial charge >= 0.3 is 0 Å². The molecule has 3 aromatic rings. The van der Waals surface area contributed by atoms with Gasteiger partial charge in [-0.1, -0.05) is 64.3 Å². The van der Waals surface area contributed by atoms with Crippen molar-refractivity contribution in [3.63, 3.8) is 0 Å². The summed E-state index contributed by atoms with van der Waals surface area (Å²) in [5.74, 6) is -0.506. The molecule has 164 valence electrons. The minimum Gasteiger partial charge on any atom is -0.302 e. The Balaban J connectivity index is 2.07. The summed E-state index contributed by atoms with van der Waals surface area (Å²) >= 11 is 1.63. The number of rotatable bonds is 7. The van der Waals surface area contributed by atoms with Crippen molar-refractivity contribution < 1.29 is 4.39 Å². The monoisotopic (exact) mass is 444 g/mol. The van der Waals surface area contributed by atoms with E-state index in [-0.39, 0.29) is 11.0 Å². The van der Waals surface area contributed by atoms with Crippen LogP contribution in [0.25, 0.3) is 33.7 Å². The Morgan fingerprint density at radius 1 is 1.06 bits per heavy atom. The first kappa shape index (κ1) is 23.7. The van der Waals surface area contributed by atoms with Crippen molar-refractivity contribution in [1.82, 2.24) is 4.90 Å². The van der Waals surface area contributed by atoms with E-state index >= 15 is 0 Å². The molecular weight excluding hydrogens is 415 g/mol. The van der Waals surface area contributed by atoms with Crippen LogP contribution in [0.1, 0.15) is 42.3 Å². The molecule has 4 heteroatoms. The van der Waals surface area contributed by atoms with Crippen LogP contribution in [0.2, 0.25) is 0 Å². The van der Waals surface area contributed by atoms with Crippen molar-refractivity contribution in [2.75, 3.05) is 13.6 Å². The number of hydrogen-bond acceptors (Lipinski definition) is 3. The first-order valence-corrected chi connectivity index (χ1v) is 11.4. The molecule has 0 aliphatic heterocycles. The third kappa shape index (κ3) is 5.43. The van der Waals surface area contributed by atoms with Crippen LogP contribution in [0.15, 0.2) is 55.6 Å². The molecule has 0 aliphatic rings. The van der Waals surface area contributed by atoms with E-state index in [9.17, 15) is 4.39 Å². The Hall–Kier alpha value is -3.00. The Morgan fingerprint density at radius 2 is 1.78 bits per heavy atom. The zero-order valence-electron chi connectivity index (χ0n) is 19.2. The zero-order valence-corrected chi connectivity index (χ0v) is 20.0. The molecule has 0 N–H and O–H groups in total. The van der Waals surface area contributed by atoms with E-state index < -0.39 is 5.82 Å². The van der Waals surface area contributed by atoms with Gasteiger partial charge in [-0.15, -0.1) is 11.3 Å². The summed E-state index contributed by atoms with van der Waals surface area (Å²) < 4.78 is 14.3. The van der Waals surface area contributed by atoms with Gasteiger partial charge in [-0.05, 0) is 59.0 Å².